The molecule has 0 spiro atoms. The van der Waals surface area contributed by atoms with Crippen molar-refractivity contribution in [3.05, 3.63) is 98.6 Å². The van der Waals surface area contributed by atoms with Gasteiger partial charge in [-0.2, -0.15) is 13.2 Å². The first-order valence-corrected chi connectivity index (χ1v) is 11.2. The van der Waals surface area contributed by atoms with E-state index in [-0.39, 0.29) is 33.4 Å². The topological polar surface area (TPSA) is 78.5 Å². The molecule has 0 saturated heterocycles. The van der Waals surface area contributed by atoms with E-state index in [0.717, 1.165) is 17.0 Å². The van der Waals surface area contributed by atoms with Gasteiger partial charge in [-0.15, -0.1) is 0 Å². The Morgan fingerprint density at radius 1 is 0.833 bits per heavy atom. The maximum atomic E-state index is 13.1. The number of nitrogens with zero attached hydrogens (tertiary/aromatic N) is 1. The number of carbonyl (C=O) groups excluding carboxylic acids is 3. The van der Waals surface area contributed by atoms with Crippen LogP contribution < -0.4 is 15.5 Å². The highest BCUT2D eigenvalue weighted by Crippen LogP contribution is 2.36. The summed E-state index contributed by atoms with van der Waals surface area (Å²) in [7, 11) is 0. The number of anilines is 3. The molecule has 184 valence electrons. The van der Waals surface area contributed by atoms with Crippen LogP contribution in [0.3, 0.4) is 0 Å². The van der Waals surface area contributed by atoms with Crippen molar-refractivity contribution in [2.45, 2.75) is 6.18 Å². The smallest absolute Gasteiger partial charge is 0.350 e. The van der Waals surface area contributed by atoms with Crippen LogP contribution in [0, 0.1) is 0 Å². The molecule has 0 unspecified atom stereocenters. The van der Waals surface area contributed by atoms with E-state index in [9.17, 15) is 27.6 Å². The molecule has 1 aliphatic heterocycles. The summed E-state index contributed by atoms with van der Waals surface area (Å²) < 4.78 is 39.3. The normalized spacial score (nSPS) is 13.9. The molecule has 1 heterocycles. The van der Waals surface area contributed by atoms with E-state index < -0.39 is 34.5 Å². The average molecular weight is 555 g/mol. The number of nitrogens with one attached hydrogen (secondary N) is 2. The van der Waals surface area contributed by atoms with Gasteiger partial charge < -0.3 is 10.6 Å². The quantitative estimate of drug-likeness (QED) is 0.344. The van der Waals surface area contributed by atoms with Crippen LogP contribution in [-0.2, 0) is 15.8 Å². The summed E-state index contributed by atoms with van der Waals surface area (Å²) >= 11 is 17.7. The number of halogens is 6. The van der Waals surface area contributed by atoms with Gasteiger partial charge in [0.1, 0.15) is 10.7 Å². The zero-order chi connectivity index (χ0) is 26.2. The predicted octanol–water partition coefficient (Wildman–Crippen LogP) is 6.70. The lowest BCUT2D eigenvalue weighted by molar-refractivity contribution is -0.137. The summed E-state index contributed by atoms with van der Waals surface area (Å²) in [4.78, 5) is 39.0. The van der Waals surface area contributed by atoms with E-state index in [0.29, 0.717) is 5.02 Å². The van der Waals surface area contributed by atoms with Gasteiger partial charge >= 0.3 is 6.18 Å². The summed E-state index contributed by atoms with van der Waals surface area (Å²) in [6, 6.07) is 14.8. The molecule has 0 aromatic heterocycles. The molecule has 3 aromatic carbocycles. The fraction of sp³-hybridized carbons (Fsp3) is 0.0417. The van der Waals surface area contributed by atoms with Crippen molar-refractivity contribution >= 4 is 69.6 Å². The second kappa shape index (κ2) is 9.85. The van der Waals surface area contributed by atoms with Crippen LogP contribution in [-0.4, -0.2) is 17.7 Å². The van der Waals surface area contributed by atoms with Crippen LogP contribution in [0.5, 0.6) is 0 Å². The molecule has 3 amide bonds. The van der Waals surface area contributed by atoms with Crippen LogP contribution in [0.15, 0.2) is 77.5 Å². The third kappa shape index (κ3) is 5.18. The Kier molecular flexibility index (Phi) is 6.99. The number of amides is 3. The van der Waals surface area contributed by atoms with Crippen molar-refractivity contribution in [2.75, 3.05) is 15.5 Å². The minimum atomic E-state index is -4.70. The number of carbonyl (C=O) groups is 3. The first-order chi connectivity index (χ1) is 17.0. The minimum absolute atomic E-state index is 0.0590. The number of hydrogen-bond donors (Lipinski definition) is 2. The van der Waals surface area contributed by atoms with Crippen molar-refractivity contribution in [1.82, 2.24) is 0 Å². The maximum Gasteiger partial charge on any atom is 0.417 e. The van der Waals surface area contributed by atoms with Gasteiger partial charge in [0.15, 0.2) is 0 Å². The summed E-state index contributed by atoms with van der Waals surface area (Å²) in [5.74, 6) is -2.21. The Morgan fingerprint density at radius 2 is 1.56 bits per heavy atom. The highest BCUT2D eigenvalue weighted by Gasteiger charge is 2.39. The molecule has 6 nitrogen and oxygen atoms in total. The summed E-state index contributed by atoms with van der Waals surface area (Å²) in [6.45, 7) is 0. The lowest BCUT2D eigenvalue weighted by Crippen LogP contribution is -2.32. The Bertz CT molecular complexity index is 1440. The van der Waals surface area contributed by atoms with E-state index in [1.54, 1.807) is 12.1 Å². The highest BCUT2D eigenvalue weighted by molar-refractivity contribution is 6.53. The Morgan fingerprint density at radius 3 is 2.25 bits per heavy atom. The molecule has 1 aliphatic rings. The Balaban J connectivity index is 1.54. The predicted molar refractivity (Wildman–Crippen MR) is 131 cm³/mol. The van der Waals surface area contributed by atoms with Crippen molar-refractivity contribution < 1.29 is 27.6 Å². The first-order valence-electron chi connectivity index (χ1n) is 10.0. The highest BCUT2D eigenvalue weighted by atomic mass is 35.5. The summed E-state index contributed by atoms with van der Waals surface area (Å²) in [6.07, 6.45) is -4.70. The molecule has 0 saturated carbocycles. The van der Waals surface area contributed by atoms with Gasteiger partial charge in [0.05, 0.1) is 16.3 Å². The molecule has 12 heteroatoms. The molecule has 2 N–H and O–H groups in total. The second-order valence-corrected chi connectivity index (χ2v) is 8.69. The molecule has 0 radical (unpaired) electrons. The van der Waals surface area contributed by atoms with E-state index in [4.69, 9.17) is 34.8 Å². The zero-order valence-electron chi connectivity index (χ0n) is 17.8. The monoisotopic (exact) mass is 553 g/mol. The molecule has 0 bridgehead atoms. The van der Waals surface area contributed by atoms with Crippen molar-refractivity contribution in [2.24, 2.45) is 0 Å². The standard InChI is InChI=1S/C24H13Cl3F3N3O3/c25-13-4-2-6-16(10-13)33-22(35)19(27)20(23(33)36)31-14-5-1-3-12(9-14)21(34)32-15-7-8-18(26)17(11-15)24(28,29)30/h1-11,31H,(H,32,34). The third-order valence-electron chi connectivity index (χ3n) is 5.02. The van der Waals surface area contributed by atoms with Crippen LogP contribution >= 0.6 is 34.8 Å². The third-order valence-corrected chi connectivity index (χ3v) is 5.93. The van der Waals surface area contributed by atoms with Crippen LogP contribution in [0.4, 0.5) is 30.2 Å². The van der Waals surface area contributed by atoms with Gasteiger partial charge in [0, 0.05) is 22.0 Å². The fourth-order valence-corrected chi connectivity index (χ4v) is 3.99. The van der Waals surface area contributed by atoms with Gasteiger partial charge in [0.2, 0.25) is 0 Å². The summed E-state index contributed by atoms with van der Waals surface area (Å²) in [5.41, 5.74) is -0.906. The maximum absolute atomic E-state index is 13.1. The van der Waals surface area contributed by atoms with Crippen LogP contribution in [0.2, 0.25) is 10.0 Å². The fourth-order valence-electron chi connectivity index (χ4n) is 3.37. The molecular weight excluding hydrogens is 542 g/mol. The Labute approximate surface area is 217 Å². The summed E-state index contributed by atoms with van der Waals surface area (Å²) in [5, 5.41) is 4.56. The number of benzene rings is 3. The molecule has 36 heavy (non-hydrogen) atoms. The molecule has 3 aromatic rings. The number of imide groups is 1. The van der Waals surface area contributed by atoms with E-state index >= 15 is 0 Å². The van der Waals surface area contributed by atoms with Crippen LogP contribution in [0.1, 0.15) is 15.9 Å². The van der Waals surface area contributed by atoms with E-state index in [1.807, 2.05) is 0 Å². The number of rotatable bonds is 5. The van der Waals surface area contributed by atoms with Gasteiger partial charge in [-0.3, -0.25) is 14.4 Å². The van der Waals surface area contributed by atoms with E-state index in [2.05, 4.69) is 10.6 Å². The Hall–Kier alpha value is -3.53. The van der Waals surface area contributed by atoms with Gasteiger partial charge in [-0.25, -0.2) is 4.90 Å². The molecule has 4 rings (SSSR count). The second-order valence-electron chi connectivity index (χ2n) is 7.47. The SMILES string of the molecule is O=C(Nc1ccc(Cl)c(C(F)(F)F)c1)c1cccc(NC2=C(Cl)C(=O)N(c3cccc(Cl)c3)C2=O)c1. The first kappa shape index (κ1) is 25.6. The molecule has 0 atom stereocenters. The molecule has 0 fully saturated rings. The minimum Gasteiger partial charge on any atom is -0.350 e. The number of alkyl halides is 3. The average Bonchev–Trinajstić information content (AvgIpc) is 3.02. The van der Waals surface area contributed by atoms with Gasteiger partial charge in [-0.05, 0) is 54.6 Å². The largest absolute Gasteiger partial charge is 0.417 e. The zero-order valence-corrected chi connectivity index (χ0v) is 20.1. The van der Waals surface area contributed by atoms with Crippen molar-refractivity contribution in [3.8, 4) is 0 Å². The molecular formula is C24H13Cl3F3N3O3. The van der Waals surface area contributed by atoms with E-state index in [1.165, 1.54) is 42.5 Å². The van der Waals surface area contributed by atoms with Gasteiger partial charge in [-0.1, -0.05) is 46.9 Å². The molecule has 0 aliphatic carbocycles. The van der Waals surface area contributed by atoms with Crippen molar-refractivity contribution in [3.63, 3.8) is 0 Å². The lowest BCUT2D eigenvalue weighted by Gasteiger charge is -2.15. The van der Waals surface area contributed by atoms with Gasteiger partial charge in [0.25, 0.3) is 17.7 Å². The lowest BCUT2D eigenvalue weighted by atomic mass is 10.1. The van der Waals surface area contributed by atoms with Crippen molar-refractivity contribution in [1.29, 1.82) is 0 Å². The van der Waals surface area contributed by atoms with Crippen LogP contribution in [0.25, 0.3) is 0 Å². The number of hydrogen-bond acceptors (Lipinski definition) is 4.